The van der Waals surface area contributed by atoms with Gasteiger partial charge in [0, 0.05) is 12.2 Å². The normalized spacial score (nSPS) is 17.1. The lowest BCUT2D eigenvalue weighted by Gasteiger charge is -1.92. The van der Waals surface area contributed by atoms with Gasteiger partial charge in [0.25, 0.3) is 0 Å². The van der Waals surface area contributed by atoms with Crippen LogP contribution in [0.3, 0.4) is 0 Å². The van der Waals surface area contributed by atoms with Crippen molar-refractivity contribution in [2.45, 2.75) is 19.4 Å². The van der Waals surface area contributed by atoms with Gasteiger partial charge in [-0.1, -0.05) is 0 Å². The van der Waals surface area contributed by atoms with Gasteiger partial charge in [-0.05, 0) is 23.8 Å². The van der Waals surface area contributed by atoms with Gasteiger partial charge in [-0.2, -0.15) is 11.8 Å². The average Bonchev–Trinajstić information content (AvgIpc) is 2.37. The molecule has 2 rings (SSSR count). The molecule has 1 aliphatic rings. The van der Waals surface area contributed by atoms with Crippen molar-refractivity contribution in [2.24, 2.45) is 5.73 Å². The topological polar surface area (TPSA) is 39.2 Å². The van der Waals surface area contributed by atoms with Gasteiger partial charge in [-0.3, -0.25) is 0 Å². The highest BCUT2D eigenvalue weighted by atomic mass is 32.2. The second-order valence-electron chi connectivity index (χ2n) is 2.98. The third kappa shape index (κ3) is 1.52. The lowest BCUT2D eigenvalue weighted by Crippen LogP contribution is -1.93. The predicted molar refractivity (Wildman–Crippen MR) is 51.3 cm³/mol. The predicted octanol–water partition coefficient (Wildman–Crippen LogP) is 1.57. The van der Waals surface area contributed by atoms with Crippen molar-refractivity contribution in [3.05, 3.63) is 23.2 Å². The number of aryl methyl sites for hydroxylation is 2. The van der Waals surface area contributed by atoms with Gasteiger partial charge in [-0.25, -0.2) is 0 Å². The lowest BCUT2D eigenvalue weighted by atomic mass is 10.1. The first-order valence-corrected chi connectivity index (χ1v) is 5.44. The van der Waals surface area contributed by atoms with Crippen LogP contribution in [0.1, 0.15) is 17.1 Å². The zero-order valence-corrected chi connectivity index (χ0v) is 7.82. The monoisotopic (exact) mass is 183 g/mol. The third-order valence-corrected chi connectivity index (χ3v) is 3.12. The summed E-state index contributed by atoms with van der Waals surface area (Å²) < 4.78 is 5.60. The summed E-state index contributed by atoms with van der Waals surface area (Å²) in [5.74, 6) is 4.51. The molecule has 2 N–H and O–H groups in total. The number of rotatable bonds is 1. The van der Waals surface area contributed by atoms with E-state index in [1.165, 1.54) is 22.8 Å². The Morgan fingerprint density at radius 3 is 3.08 bits per heavy atom. The van der Waals surface area contributed by atoms with Crippen LogP contribution >= 0.6 is 11.8 Å². The zero-order valence-electron chi connectivity index (χ0n) is 7.01. The fraction of sp³-hybridized carbons (Fsp3) is 0.556. The number of thioether (sulfide) groups is 1. The van der Waals surface area contributed by atoms with Gasteiger partial charge in [-0.15, -0.1) is 0 Å². The first-order chi connectivity index (χ1) is 5.90. The summed E-state index contributed by atoms with van der Waals surface area (Å²) in [5, 5.41) is 0. The summed E-state index contributed by atoms with van der Waals surface area (Å²) in [4.78, 5) is 0. The molecule has 0 aliphatic carbocycles. The van der Waals surface area contributed by atoms with Gasteiger partial charge in [0.15, 0.2) is 0 Å². The zero-order chi connectivity index (χ0) is 8.39. The van der Waals surface area contributed by atoms with Crippen LogP contribution in [-0.2, 0) is 19.4 Å². The van der Waals surface area contributed by atoms with E-state index < -0.39 is 0 Å². The molecule has 0 saturated carbocycles. The van der Waals surface area contributed by atoms with Crippen LogP contribution in [-0.4, -0.2) is 11.5 Å². The van der Waals surface area contributed by atoms with E-state index in [9.17, 15) is 0 Å². The van der Waals surface area contributed by atoms with Crippen molar-refractivity contribution < 1.29 is 4.42 Å². The highest BCUT2D eigenvalue weighted by molar-refractivity contribution is 7.99. The molecule has 1 aliphatic heterocycles. The fourth-order valence-corrected chi connectivity index (χ4v) is 2.40. The first-order valence-electron chi connectivity index (χ1n) is 4.28. The Hall–Kier alpha value is -0.410. The highest BCUT2D eigenvalue weighted by Gasteiger charge is 2.12. The maximum Gasteiger partial charge on any atom is 0.118 e. The maximum absolute atomic E-state index is 5.60. The Bertz CT molecular complexity index is 246. The SMILES string of the molecule is NCc1cc2c(o1)CCSCC2. The molecule has 3 heteroatoms. The Kier molecular flexibility index (Phi) is 2.42. The van der Waals surface area contributed by atoms with Crippen molar-refractivity contribution >= 4 is 11.8 Å². The fourth-order valence-electron chi connectivity index (χ4n) is 1.50. The first kappa shape index (κ1) is 8.20. The molecule has 0 spiro atoms. The molecule has 0 aromatic carbocycles. The molecule has 1 aromatic rings. The van der Waals surface area contributed by atoms with Gasteiger partial charge in [0.05, 0.1) is 6.54 Å². The van der Waals surface area contributed by atoms with E-state index in [0.717, 1.165) is 18.6 Å². The molecule has 0 fully saturated rings. The van der Waals surface area contributed by atoms with Crippen LogP contribution in [0, 0.1) is 0 Å². The van der Waals surface area contributed by atoms with E-state index >= 15 is 0 Å². The molecule has 2 heterocycles. The van der Waals surface area contributed by atoms with Crippen LogP contribution in [0.4, 0.5) is 0 Å². The number of nitrogens with two attached hydrogens (primary N) is 1. The van der Waals surface area contributed by atoms with Crippen LogP contribution in [0.15, 0.2) is 10.5 Å². The smallest absolute Gasteiger partial charge is 0.118 e. The van der Waals surface area contributed by atoms with E-state index in [2.05, 4.69) is 6.07 Å². The van der Waals surface area contributed by atoms with Gasteiger partial charge in [0.1, 0.15) is 11.5 Å². The van der Waals surface area contributed by atoms with Crippen LogP contribution in [0.25, 0.3) is 0 Å². The summed E-state index contributed by atoms with van der Waals surface area (Å²) in [5.41, 5.74) is 6.88. The molecular formula is C9H13NOS. The van der Waals surface area contributed by atoms with Gasteiger partial charge < -0.3 is 10.2 Å². The molecule has 0 radical (unpaired) electrons. The summed E-state index contributed by atoms with van der Waals surface area (Å²) in [6.07, 6.45) is 2.21. The molecule has 0 amide bonds. The largest absolute Gasteiger partial charge is 0.464 e. The quantitative estimate of drug-likeness (QED) is 0.718. The van der Waals surface area contributed by atoms with Gasteiger partial charge >= 0.3 is 0 Å². The molecule has 2 nitrogen and oxygen atoms in total. The minimum absolute atomic E-state index is 0.528. The Labute approximate surface area is 76.5 Å². The molecule has 0 saturated heterocycles. The average molecular weight is 183 g/mol. The minimum atomic E-state index is 0.528. The summed E-state index contributed by atoms with van der Waals surface area (Å²) in [6, 6.07) is 2.11. The number of hydrogen-bond donors (Lipinski definition) is 1. The second kappa shape index (κ2) is 3.54. The molecule has 0 atom stereocenters. The number of fused-ring (bicyclic) bond motifs is 1. The molecule has 12 heavy (non-hydrogen) atoms. The molecule has 1 aromatic heterocycles. The summed E-state index contributed by atoms with van der Waals surface area (Å²) in [7, 11) is 0. The van der Waals surface area contributed by atoms with Crippen LogP contribution < -0.4 is 5.73 Å². The minimum Gasteiger partial charge on any atom is -0.464 e. The third-order valence-electron chi connectivity index (χ3n) is 2.14. The highest BCUT2D eigenvalue weighted by Crippen LogP contribution is 2.23. The van der Waals surface area contributed by atoms with Crippen molar-refractivity contribution in [3.63, 3.8) is 0 Å². The van der Waals surface area contributed by atoms with Crippen LogP contribution in [0.2, 0.25) is 0 Å². The van der Waals surface area contributed by atoms with Crippen molar-refractivity contribution in [3.8, 4) is 0 Å². The Morgan fingerprint density at radius 1 is 1.42 bits per heavy atom. The van der Waals surface area contributed by atoms with E-state index in [4.69, 9.17) is 10.2 Å². The number of hydrogen-bond acceptors (Lipinski definition) is 3. The van der Waals surface area contributed by atoms with Gasteiger partial charge in [0.2, 0.25) is 0 Å². The lowest BCUT2D eigenvalue weighted by molar-refractivity contribution is 0.470. The molecular weight excluding hydrogens is 170 g/mol. The maximum atomic E-state index is 5.60. The number of furan rings is 1. The van der Waals surface area contributed by atoms with Crippen LogP contribution in [0.5, 0.6) is 0 Å². The Morgan fingerprint density at radius 2 is 2.25 bits per heavy atom. The molecule has 0 unspecified atom stereocenters. The van der Waals surface area contributed by atoms with E-state index in [0.29, 0.717) is 6.54 Å². The van der Waals surface area contributed by atoms with E-state index in [1.807, 2.05) is 11.8 Å². The standard InChI is InChI=1S/C9H13NOS/c10-6-8-5-7-1-3-12-4-2-9(7)11-8/h5H,1-4,6,10H2. The van der Waals surface area contributed by atoms with Crippen molar-refractivity contribution in [1.29, 1.82) is 0 Å². The summed E-state index contributed by atoms with van der Waals surface area (Å²) >= 11 is 2.00. The molecule has 0 bridgehead atoms. The van der Waals surface area contributed by atoms with E-state index in [-0.39, 0.29) is 0 Å². The second-order valence-corrected chi connectivity index (χ2v) is 4.20. The molecule has 66 valence electrons. The summed E-state index contributed by atoms with van der Waals surface area (Å²) in [6.45, 7) is 0.528. The van der Waals surface area contributed by atoms with Crippen molar-refractivity contribution in [1.82, 2.24) is 0 Å². The Balaban J connectivity index is 2.26. The van der Waals surface area contributed by atoms with E-state index in [1.54, 1.807) is 0 Å². The van der Waals surface area contributed by atoms with Crippen molar-refractivity contribution in [2.75, 3.05) is 11.5 Å².